The maximum atomic E-state index is 12.2. The summed E-state index contributed by atoms with van der Waals surface area (Å²) >= 11 is 0. The molecule has 2 unspecified atom stereocenters. The highest BCUT2D eigenvalue weighted by Crippen LogP contribution is 2.26. The van der Waals surface area contributed by atoms with Gasteiger partial charge in [0.15, 0.2) is 0 Å². The third kappa shape index (κ3) is 3.25. The van der Waals surface area contributed by atoms with Gasteiger partial charge in [0.05, 0.1) is 12.5 Å². The minimum absolute atomic E-state index is 0. The number of rotatable bonds is 4. The topological polar surface area (TPSA) is 70.2 Å². The third-order valence-corrected chi connectivity index (χ3v) is 4.55. The second-order valence-corrected chi connectivity index (χ2v) is 6.08. The zero-order valence-electron chi connectivity index (χ0n) is 12.8. The summed E-state index contributed by atoms with van der Waals surface area (Å²) in [5.41, 5.74) is 2.93. The lowest BCUT2D eigenvalue weighted by molar-refractivity contribution is -0.127. The predicted molar refractivity (Wildman–Crippen MR) is 88.1 cm³/mol. The lowest BCUT2D eigenvalue weighted by atomic mass is 9.88. The number of hydrogen-bond acceptors (Lipinski definition) is 3. The summed E-state index contributed by atoms with van der Waals surface area (Å²) in [7, 11) is 0. The molecule has 1 fully saturated rings. The highest BCUT2D eigenvalue weighted by Gasteiger charge is 2.29. The number of carbonyl (C=O) groups excluding carboxylic acids is 2. The highest BCUT2D eigenvalue weighted by molar-refractivity contribution is 5.99. The van der Waals surface area contributed by atoms with Crippen molar-refractivity contribution in [1.82, 2.24) is 10.6 Å². The molecule has 22 heavy (non-hydrogen) atoms. The Hall–Kier alpha value is -1.59. The van der Waals surface area contributed by atoms with Crippen molar-refractivity contribution in [3.05, 3.63) is 29.3 Å². The molecule has 0 aliphatic carbocycles. The fourth-order valence-corrected chi connectivity index (χ4v) is 2.83. The second kappa shape index (κ2) is 6.67. The average molecular weight is 324 g/mol. The molecule has 3 rings (SSSR count). The number of anilines is 1. The monoisotopic (exact) mass is 323 g/mol. The first kappa shape index (κ1) is 16.8. The maximum absolute atomic E-state index is 12.2. The molecular weight excluding hydrogens is 302 g/mol. The summed E-state index contributed by atoms with van der Waals surface area (Å²) in [6.07, 6.45) is 0.425. The summed E-state index contributed by atoms with van der Waals surface area (Å²) in [6.45, 7) is 5.82. The van der Waals surface area contributed by atoms with Gasteiger partial charge in [0.1, 0.15) is 0 Å². The Morgan fingerprint density at radius 2 is 2.05 bits per heavy atom. The minimum atomic E-state index is -0.0472. The molecule has 0 radical (unpaired) electrons. The average Bonchev–Trinajstić information content (AvgIpc) is 2.75. The molecule has 0 spiro atoms. The number of carbonyl (C=O) groups is 2. The van der Waals surface area contributed by atoms with Crippen molar-refractivity contribution in [3.63, 3.8) is 0 Å². The van der Waals surface area contributed by atoms with Crippen LogP contribution in [0.2, 0.25) is 0 Å². The molecule has 3 N–H and O–H groups in total. The van der Waals surface area contributed by atoms with E-state index in [1.807, 2.05) is 32.0 Å². The fourth-order valence-electron chi connectivity index (χ4n) is 2.83. The van der Waals surface area contributed by atoms with Crippen molar-refractivity contribution in [1.29, 1.82) is 0 Å². The van der Waals surface area contributed by atoms with Crippen LogP contribution in [0.1, 0.15) is 31.0 Å². The van der Waals surface area contributed by atoms with E-state index in [1.165, 1.54) is 0 Å². The molecule has 1 aromatic rings. The van der Waals surface area contributed by atoms with Gasteiger partial charge >= 0.3 is 0 Å². The van der Waals surface area contributed by atoms with Crippen LogP contribution in [0, 0.1) is 11.8 Å². The first-order chi connectivity index (χ1) is 10.0. The summed E-state index contributed by atoms with van der Waals surface area (Å²) in [5.74, 6) is 0.610. The standard InChI is InChI=1S/C16H21N3O2.ClH/c1-9(13-7-17-8-13)16(21)18-10(2)11-3-4-14-12(5-11)6-15(20)19-14;/h3-5,9-10,13,17H,6-8H2,1-2H3,(H,18,21)(H,19,20);1H. The molecule has 1 saturated heterocycles. The summed E-state index contributed by atoms with van der Waals surface area (Å²) < 4.78 is 0. The van der Waals surface area contributed by atoms with Crippen LogP contribution in [0.4, 0.5) is 5.69 Å². The van der Waals surface area contributed by atoms with Gasteiger partial charge in [-0.25, -0.2) is 0 Å². The molecule has 0 bridgehead atoms. The van der Waals surface area contributed by atoms with Gasteiger partial charge < -0.3 is 16.0 Å². The Kier molecular flexibility index (Phi) is 5.08. The molecule has 1 aromatic carbocycles. The summed E-state index contributed by atoms with van der Waals surface area (Å²) in [5, 5.41) is 9.09. The molecule has 0 saturated carbocycles. The first-order valence-electron chi connectivity index (χ1n) is 7.48. The van der Waals surface area contributed by atoms with Crippen molar-refractivity contribution >= 4 is 29.9 Å². The SMILES string of the molecule is CC(NC(=O)C(C)C1CNC1)c1ccc2c(c1)CC(=O)N2.Cl. The zero-order chi connectivity index (χ0) is 15.0. The molecule has 0 aromatic heterocycles. The molecule has 6 heteroatoms. The lowest BCUT2D eigenvalue weighted by Gasteiger charge is -2.32. The number of nitrogens with one attached hydrogen (secondary N) is 3. The van der Waals surface area contributed by atoms with E-state index in [0.29, 0.717) is 12.3 Å². The molecule has 2 aliphatic heterocycles. The maximum Gasteiger partial charge on any atom is 0.228 e. The van der Waals surface area contributed by atoms with Gasteiger partial charge in [0, 0.05) is 11.6 Å². The van der Waals surface area contributed by atoms with E-state index in [1.54, 1.807) is 0 Å². The molecule has 2 atom stereocenters. The van der Waals surface area contributed by atoms with Gasteiger partial charge in [-0.2, -0.15) is 0 Å². The zero-order valence-corrected chi connectivity index (χ0v) is 13.6. The second-order valence-electron chi connectivity index (χ2n) is 6.08. The van der Waals surface area contributed by atoms with Gasteiger partial charge in [0.25, 0.3) is 0 Å². The first-order valence-corrected chi connectivity index (χ1v) is 7.48. The molecular formula is C16H22ClN3O2. The molecule has 2 heterocycles. The Morgan fingerprint density at radius 3 is 2.68 bits per heavy atom. The van der Waals surface area contributed by atoms with Crippen molar-refractivity contribution in [2.24, 2.45) is 11.8 Å². The fraction of sp³-hybridized carbons (Fsp3) is 0.500. The largest absolute Gasteiger partial charge is 0.349 e. The van der Waals surface area contributed by atoms with Crippen LogP contribution in [-0.4, -0.2) is 24.9 Å². The van der Waals surface area contributed by atoms with E-state index >= 15 is 0 Å². The Morgan fingerprint density at radius 1 is 1.32 bits per heavy atom. The molecule has 2 aliphatic rings. The minimum Gasteiger partial charge on any atom is -0.349 e. The Labute approximate surface area is 136 Å². The van der Waals surface area contributed by atoms with Crippen LogP contribution in [0.3, 0.4) is 0 Å². The van der Waals surface area contributed by atoms with E-state index in [2.05, 4.69) is 16.0 Å². The number of hydrogen-bond donors (Lipinski definition) is 3. The van der Waals surface area contributed by atoms with Crippen LogP contribution in [0.5, 0.6) is 0 Å². The highest BCUT2D eigenvalue weighted by atomic mass is 35.5. The van der Waals surface area contributed by atoms with E-state index < -0.39 is 0 Å². The molecule has 2 amide bonds. The van der Waals surface area contributed by atoms with Crippen LogP contribution in [0.25, 0.3) is 0 Å². The van der Waals surface area contributed by atoms with Gasteiger partial charge in [-0.1, -0.05) is 19.1 Å². The van der Waals surface area contributed by atoms with Gasteiger partial charge in [-0.3, -0.25) is 9.59 Å². The van der Waals surface area contributed by atoms with Gasteiger partial charge in [-0.05, 0) is 43.1 Å². The number of benzene rings is 1. The van der Waals surface area contributed by atoms with Crippen LogP contribution in [-0.2, 0) is 16.0 Å². The third-order valence-electron chi connectivity index (χ3n) is 4.55. The van der Waals surface area contributed by atoms with E-state index in [0.717, 1.165) is 29.9 Å². The van der Waals surface area contributed by atoms with E-state index in [-0.39, 0.29) is 36.2 Å². The molecule has 5 nitrogen and oxygen atoms in total. The smallest absolute Gasteiger partial charge is 0.228 e. The Balaban J connectivity index is 0.00000176. The van der Waals surface area contributed by atoms with Crippen molar-refractivity contribution in [2.75, 3.05) is 18.4 Å². The predicted octanol–water partition coefficient (Wildman–Crippen LogP) is 1.64. The number of halogens is 1. The summed E-state index contributed by atoms with van der Waals surface area (Å²) in [6, 6.07) is 5.84. The Bertz CT molecular complexity index is 587. The van der Waals surface area contributed by atoms with Crippen LogP contribution < -0.4 is 16.0 Å². The number of fused-ring (bicyclic) bond motifs is 1. The molecule has 120 valence electrons. The van der Waals surface area contributed by atoms with Crippen LogP contribution in [0.15, 0.2) is 18.2 Å². The van der Waals surface area contributed by atoms with Crippen molar-refractivity contribution < 1.29 is 9.59 Å². The van der Waals surface area contributed by atoms with E-state index in [9.17, 15) is 9.59 Å². The van der Waals surface area contributed by atoms with Crippen molar-refractivity contribution in [2.45, 2.75) is 26.3 Å². The normalized spacial score (nSPS) is 19.3. The van der Waals surface area contributed by atoms with Gasteiger partial charge in [0.2, 0.25) is 11.8 Å². The van der Waals surface area contributed by atoms with Gasteiger partial charge in [-0.15, -0.1) is 12.4 Å². The number of amides is 2. The van der Waals surface area contributed by atoms with Crippen molar-refractivity contribution in [3.8, 4) is 0 Å². The van der Waals surface area contributed by atoms with E-state index in [4.69, 9.17) is 0 Å². The quantitative estimate of drug-likeness (QED) is 0.789. The lowest BCUT2D eigenvalue weighted by Crippen LogP contribution is -2.49. The van der Waals surface area contributed by atoms with Crippen LogP contribution >= 0.6 is 12.4 Å². The summed E-state index contributed by atoms with van der Waals surface area (Å²) in [4.78, 5) is 23.6.